The molecule has 1 aliphatic carbocycles. The molecular formula is C20H27N3O5. The minimum absolute atomic E-state index is 0.00301. The Morgan fingerprint density at radius 1 is 1.11 bits per heavy atom. The number of urea groups is 1. The van der Waals surface area contributed by atoms with E-state index in [-0.39, 0.29) is 18.6 Å². The lowest BCUT2D eigenvalue weighted by Crippen LogP contribution is -2.49. The first kappa shape index (κ1) is 20.1. The van der Waals surface area contributed by atoms with Gasteiger partial charge in [-0.3, -0.25) is 19.8 Å². The van der Waals surface area contributed by atoms with E-state index in [1.54, 1.807) is 31.4 Å². The largest absolute Gasteiger partial charge is 0.497 e. The average Bonchev–Trinajstić information content (AvgIpc) is 3.06. The zero-order chi connectivity index (χ0) is 20.1. The van der Waals surface area contributed by atoms with Crippen molar-refractivity contribution in [2.24, 2.45) is 5.92 Å². The van der Waals surface area contributed by atoms with Gasteiger partial charge in [-0.25, -0.2) is 4.79 Å². The second-order valence-electron chi connectivity index (χ2n) is 7.29. The second kappa shape index (κ2) is 9.05. The number of carbonyl (C=O) groups is 3. The van der Waals surface area contributed by atoms with E-state index in [1.807, 2.05) is 4.90 Å². The van der Waals surface area contributed by atoms with E-state index in [9.17, 15) is 14.4 Å². The molecular weight excluding hydrogens is 362 g/mol. The van der Waals surface area contributed by atoms with Gasteiger partial charge < -0.3 is 14.8 Å². The lowest BCUT2D eigenvalue weighted by molar-refractivity contribution is -0.146. The van der Waals surface area contributed by atoms with Crippen LogP contribution in [-0.4, -0.2) is 55.7 Å². The van der Waals surface area contributed by atoms with Gasteiger partial charge in [0.2, 0.25) is 5.91 Å². The SMILES string of the molecule is COC(=O)[C@@H]1C[C@@H]2CCCC[C@@H]2N1CC(=O)NC(=O)Nc1ccc(OC)cc1. The number of fused-ring (bicyclic) bond motifs is 1. The van der Waals surface area contributed by atoms with Crippen LogP contribution in [0.25, 0.3) is 0 Å². The highest BCUT2D eigenvalue weighted by Gasteiger charge is 2.46. The lowest BCUT2D eigenvalue weighted by atomic mass is 9.85. The molecule has 0 bridgehead atoms. The summed E-state index contributed by atoms with van der Waals surface area (Å²) in [5, 5.41) is 4.96. The lowest BCUT2D eigenvalue weighted by Gasteiger charge is -2.32. The predicted octanol–water partition coefficient (Wildman–Crippen LogP) is 2.15. The van der Waals surface area contributed by atoms with Gasteiger partial charge >= 0.3 is 12.0 Å². The van der Waals surface area contributed by atoms with Gasteiger partial charge in [0.25, 0.3) is 0 Å². The molecule has 0 radical (unpaired) electrons. The van der Waals surface area contributed by atoms with E-state index in [0.717, 1.165) is 25.7 Å². The molecule has 8 nitrogen and oxygen atoms in total. The van der Waals surface area contributed by atoms with Crippen molar-refractivity contribution >= 4 is 23.6 Å². The third kappa shape index (κ3) is 4.62. The average molecular weight is 389 g/mol. The fourth-order valence-electron chi connectivity index (χ4n) is 4.32. The fraction of sp³-hybridized carbons (Fsp3) is 0.550. The van der Waals surface area contributed by atoms with E-state index < -0.39 is 18.0 Å². The molecule has 3 atom stereocenters. The number of hydrogen-bond acceptors (Lipinski definition) is 6. The van der Waals surface area contributed by atoms with E-state index in [4.69, 9.17) is 9.47 Å². The number of methoxy groups -OCH3 is 2. The molecule has 2 N–H and O–H groups in total. The van der Waals surface area contributed by atoms with Crippen LogP contribution in [0.4, 0.5) is 10.5 Å². The topological polar surface area (TPSA) is 97.0 Å². The number of imide groups is 1. The number of rotatable bonds is 5. The van der Waals surface area contributed by atoms with Gasteiger partial charge in [-0.2, -0.15) is 0 Å². The van der Waals surface area contributed by atoms with Crippen molar-refractivity contribution in [2.75, 3.05) is 26.1 Å². The Labute approximate surface area is 164 Å². The molecule has 28 heavy (non-hydrogen) atoms. The highest BCUT2D eigenvalue weighted by atomic mass is 16.5. The van der Waals surface area contributed by atoms with Crippen LogP contribution in [0.5, 0.6) is 5.75 Å². The van der Waals surface area contributed by atoms with Crippen molar-refractivity contribution in [3.8, 4) is 5.75 Å². The van der Waals surface area contributed by atoms with Crippen LogP contribution in [0.15, 0.2) is 24.3 Å². The first-order valence-electron chi connectivity index (χ1n) is 9.60. The Kier molecular flexibility index (Phi) is 6.51. The molecule has 3 rings (SSSR count). The van der Waals surface area contributed by atoms with Crippen LogP contribution in [0.2, 0.25) is 0 Å². The maximum Gasteiger partial charge on any atom is 0.325 e. The zero-order valence-corrected chi connectivity index (χ0v) is 16.3. The van der Waals surface area contributed by atoms with E-state index in [0.29, 0.717) is 23.8 Å². The van der Waals surface area contributed by atoms with Crippen molar-refractivity contribution in [3.63, 3.8) is 0 Å². The highest BCUT2D eigenvalue weighted by molar-refractivity contribution is 6.01. The Hall–Kier alpha value is -2.61. The maximum atomic E-state index is 12.4. The molecule has 1 aromatic rings. The van der Waals surface area contributed by atoms with Crippen LogP contribution < -0.4 is 15.4 Å². The molecule has 2 aliphatic rings. The summed E-state index contributed by atoms with van der Waals surface area (Å²) in [5.41, 5.74) is 0.548. The van der Waals surface area contributed by atoms with Crippen LogP contribution >= 0.6 is 0 Å². The number of nitrogens with zero attached hydrogens (tertiary/aromatic N) is 1. The van der Waals surface area contributed by atoms with Crippen LogP contribution in [0.1, 0.15) is 32.1 Å². The molecule has 1 saturated heterocycles. The summed E-state index contributed by atoms with van der Waals surface area (Å²) in [4.78, 5) is 38.7. The Morgan fingerprint density at radius 2 is 1.82 bits per heavy atom. The number of likely N-dealkylation sites (tertiary alicyclic amines) is 1. The quantitative estimate of drug-likeness (QED) is 0.749. The predicted molar refractivity (Wildman–Crippen MR) is 103 cm³/mol. The Balaban J connectivity index is 1.58. The molecule has 0 aromatic heterocycles. The molecule has 0 unspecified atom stereocenters. The monoisotopic (exact) mass is 389 g/mol. The van der Waals surface area contributed by atoms with Gasteiger partial charge in [0.15, 0.2) is 0 Å². The third-order valence-electron chi connectivity index (χ3n) is 5.62. The minimum Gasteiger partial charge on any atom is -0.497 e. The summed E-state index contributed by atoms with van der Waals surface area (Å²) in [6.07, 6.45) is 4.98. The second-order valence-corrected chi connectivity index (χ2v) is 7.29. The molecule has 1 saturated carbocycles. The normalized spacial score (nSPS) is 24.1. The first-order chi connectivity index (χ1) is 13.5. The van der Waals surface area contributed by atoms with Crippen molar-refractivity contribution in [1.29, 1.82) is 0 Å². The number of benzene rings is 1. The number of amides is 3. The molecule has 2 fully saturated rings. The molecule has 0 spiro atoms. The van der Waals surface area contributed by atoms with Gasteiger partial charge in [-0.15, -0.1) is 0 Å². The molecule has 1 aliphatic heterocycles. The first-order valence-corrected chi connectivity index (χ1v) is 9.60. The summed E-state index contributed by atoms with van der Waals surface area (Å²) >= 11 is 0. The van der Waals surface area contributed by atoms with Gasteiger partial charge in [0.05, 0.1) is 20.8 Å². The van der Waals surface area contributed by atoms with Gasteiger partial charge in [-0.1, -0.05) is 12.8 Å². The number of anilines is 1. The fourth-order valence-corrected chi connectivity index (χ4v) is 4.32. The third-order valence-corrected chi connectivity index (χ3v) is 5.62. The minimum atomic E-state index is -0.607. The van der Waals surface area contributed by atoms with Crippen LogP contribution in [0, 0.1) is 5.92 Å². The number of ether oxygens (including phenoxy) is 2. The standard InChI is InChI=1S/C20H27N3O5/c1-27-15-9-7-14(8-10-15)21-20(26)22-18(24)12-23-16-6-4-3-5-13(16)11-17(23)19(25)28-2/h7-10,13,16-17H,3-6,11-12H2,1-2H3,(H2,21,22,24,26)/t13-,16-,17-/m0/s1. The van der Waals surface area contributed by atoms with Gasteiger partial charge in [0, 0.05) is 11.7 Å². The molecule has 3 amide bonds. The van der Waals surface area contributed by atoms with Crippen LogP contribution in [-0.2, 0) is 14.3 Å². The number of carbonyl (C=O) groups excluding carboxylic acids is 3. The van der Waals surface area contributed by atoms with E-state index in [2.05, 4.69) is 10.6 Å². The summed E-state index contributed by atoms with van der Waals surface area (Å²) in [6, 6.07) is 5.95. The molecule has 1 heterocycles. The smallest absolute Gasteiger partial charge is 0.325 e. The molecule has 1 aromatic carbocycles. The van der Waals surface area contributed by atoms with Crippen molar-refractivity contribution < 1.29 is 23.9 Å². The van der Waals surface area contributed by atoms with Crippen molar-refractivity contribution in [2.45, 2.75) is 44.2 Å². The Morgan fingerprint density at radius 3 is 2.50 bits per heavy atom. The zero-order valence-electron chi connectivity index (χ0n) is 16.3. The Bertz CT molecular complexity index is 721. The molecule has 8 heteroatoms. The van der Waals surface area contributed by atoms with Crippen molar-refractivity contribution in [3.05, 3.63) is 24.3 Å². The highest BCUT2D eigenvalue weighted by Crippen LogP contribution is 2.39. The summed E-state index contributed by atoms with van der Waals surface area (Å²) < 4.78 is 10.00. The summed E-state index contributed by atoms with van der Waals surface area (Å²) in [5.74, 6) is 0.321. The number of esters is 1. The van der Waals surface area contributed by atoms with Gasteiger partial charge in [-0.05, 0) is 49.4 Å². The van der Waals surface area contributed by atoms with E-state index >= 15 is 0 Å². The summed E-state index contributed by atoms with van der Waals surface area (Å²) in [7, 11) is 2.93. The van der Waals surface area contributed by atoms with Crippen molar-refractivity contribution in [1.82, 2.24) is 10.2 Å². The summed E-state index contributed by atoms with van der Waals surface area (Å²) in [6.45, 7) is -0.00301. The number of hydrogen-bond donors (Lipinski definition) is 2. The maximum absolute atomic E-state index is 12.4. The van der Waals surface area contributed by atoms with Crippen LogP contribution in [0.3, 0.4) is 0 Å². The van der Waals surface area contributed by atoms with Gasteiger partial charge in [0.1, 0.15) is 11.8 Å². The molecule has 152 valence electrons. The van der Waals surface area contributed by atoms with E-state index in [1.165, 1.54) is 7.11 Å². The number of nitrogens with one attached hydrogen (secondary N) is 2.